The van der Waals surface area contributed by atoms with E-state index in [0.717, 1.165) is 28.6 Å². The maximum Gasteiger partial charge on any atom is 0.286 e. The van der Waals surface area contributed by atoms with E-state index >= 15 is 0 Å². The van der Waals surface area contributed by atoms with Crippen molar-refractivity contribution in [1.29, 1.82) is 0 Å². The molecule has 0 saturated heterocycles. The highest BCUT2D eigenvalue weighted by molar-refractivity contribution is 7.99. The average molecular weight is 379 g/mol. The number of amides is 1. The van der Waals surface area contributed by atoms with Crippen LogP contribution >= 0.6 is 23.1 Å². The summed E-state index contributed by atoms with van der Waals surface area (Å²) in [5.41, 5.74) is 2.02. The van der Waals surface area contributed by atoms with E-state index in [2.05, 4.69) is 48.2 Å². The molecular weight excluding hydrogens is 352 g/mol. The van der Waals surface area contributed by atoms with E-state index < -0.39 is 0 Å². The van der Waals surface area contributed by atoms with Gasteiger partial charge < -0.3 is 5.32 Å². The van der Waals surface area contributed by atoms with E-state index in [9.17, 15) is 4.79 Å². The summed E-state index contributed by atoms with van der Waals surface area (Å²) in [6.45, 7) is 7.19. The molecule has 25 heavy (non-hydrogen) atoms. The highest BCUT2D eigenvalue weighted by Crippen LogP contribution is 2.17. The molecule has 1 N–H and O–H groups in total. The van der Waals surface area contributed by atoms with Gasteiger partial charge in [-0.2, -0.15) is 11.8 Å². The first-order valence-electron chi connectivity index (χ1n) is 8.54. The zero-order chi connectivity index (χ0) is 18.2. The van der Waals surface area contributed by atoms with Crippen LogP contribution in [0.5, 0.6) is 0 Å². The van der Waals surface area contributed by atoms with Crippen molar-refractivity contribution < 1.29 is 4.79 Å². The molecule has 5 nitrogen and oxygen atoms in total. The molecule has 0 radical (unpaired) electrons. The van der Waals surface area contributed by atoms with Gasteiger partial charge in [-0.25, -0.2) is 0 Å². The highest BCUT2D eigenvalue weighted by atomic mass is 32.2. The van der Waals surface area contributed by atoms with Crippen molar-refractivity contribution in [1.82, 2.24) is 15.1 Å². The second-order valence-corrected chi connectivity index (χ2v) is 8.31. The van der Waals surface area contributed by atoms with E-state index in [1.807, 2.05) is 36.0 Å². The highest BCUT2D eigenvalue weighted by Gasteiger charge is 2.16. The molecular formula is C18H26N4OS2. The Morgan fingerprint density at radius 1 is 1.28 bits per heavy atom. The first kappa shape index (κ1) is 19.9. The standard InChI is InChI=1S/C18H26N4OS2/c1-5-14-7-9-15(10-8-14)19-17(23)18-21-20-16(25-18)11-22(4)13(3)12-24-6-2/h7-10,13H,5-6,11-12H2,1-4H3,(H,19,23)/t13-/m0/s1. The average Bonchev–Trinajstić information content (AvgIpc) is 3.08. The summed E-state index contributed by atoms with van der Waals surface area (Å²) < 4.78 is 0. The fourth-order valence-electron chi connectivity index (χ4n) is 2.20. The minimum Gasteiger partial charge on any atom is -0.320 e. The molecule has 0 unspecified atom stereocenters. The van der Waals surface area contributed by atoms with Gasteiger partial charge in [0.05, 0.1) is 6.54 Å². The molecule has 1 aromatic carbocycles. The monoisotopic (exact) mass is 378 g/mol. The Kier molecular flexibility index (Phi) is 7.87. The van der Waals surface area contributed by atoms with Crippen LogP contribution < -0.4 is 5.32 Å². The van der Waals surface area contributed by atoms with Crippen LogP contribution in [0.1, 0.15) is 41.1 Å². The zero-order valence-electron chi connectivity index (χ0n) is 15.3. The summed E-state index contributed by atoms with van der Waals surface area (Å²) in [6.07, 6.45) is 0.983. The van der Waals surface area contributed by atoms with Crippen LogP contribution in [-0.2, 0) is 13.0 Å². The lowest BCUT2D eigenvalue weighted by molar-refractivity contribution is 0.102. The largest absolute Gasteiger partial charge is 0.320 e. The molecule has 2 rings (SSSR count). The lowest BCUT2D eigenvalue weighted by Gasteiger charge is -2.22. The van der Waals surface area contributed by atoms with Gasteiger partial charge in [0.15, 0.2) is 0 Å². The van der Waals surface area contributed by atoms with Gasteiger partial charge in [0, 0.05) is 17.5 Å². The summed E-state index contributed by atoms with van der Waals surface area (Å²) in [5.74, 6) is 2.01. The molecule has 0 aliphatic heterocycles. The van der Waals surface area contributed by atoms with Crippen LogP contribution in [-0.4, -0.2) is 45.6 Å². The third-order valence-corrected chi connectivity index (χ3v) is 6.01. The molecule has 0 aliphatic carbocycles. The van der Waals surface area contributed by atoms with Crippen LogP contribution in [0.4, 0.5) is 5.69 Å². The minimum atomic E-state index is -0.203. The fourth-order valence-corrected chi connectivity index (χ4v) is 3.83. The molecule has 1 atom stereocenters. The van der Waals surface area contributed by atoms with Crippen molar-refractivity contribution in [2.24, 2.45) is 0 Å². The van der Waals surface area contributed by atoms with E-state index in [1.165, 1.54) is 16.9 Å². The van der Waals surface area contributed by atoms with Gasteiger partial charge >= 0.3 is 0 Å². The van der Waals surface area contributed by atoms with Crippen molar-refractivity contribution in [2.75, 3.05) is 23.9 Å². The lowest BCUT2D eigenvalue weighted by atomic mass is 10.1. The summed E-state index contributed by atoms with van der Waals surface area (Å²) in [6, 6.07) is 8.33. The first-order valence-corrected chi connectivity index (χ1v) is 10.5. The normalized spacial score (nSPS) is 12.4. The minimum absolute atomic E-state index is 0.203. The Bertz CT molecular complexity index is 672. The molecule has 1 amide bonds. The number of aryl methyl sites for hydroxylation is 1. The van der Waals surface area contributed by atoms with Gasteiger partial charge in [-0.3, -0.25) is 9.69 Å². The number of hydrogen-bond donors (Lipinski definition) is 1. The SMILES string of the molecule is CCSC[C@H](C)N(C)Cc1nnc(C(=O)Nc2ccc(CC)cc2)s1. The van der Waals surface area contributed by atoms with Crippen LogP contribution in [0, 0.1) is 0 Å². The Morgan fingerprint density at radius 2 is 2.00 bits per heavy atom. The van der Waals surface area contributed by atoms with Crippen molar-refractivity contribution in [3.8, 4) is 0 Å². The topological polar surface area (TPSA) is 58.1 Å². The molecule has 136 valence electrons. The number of thioether (sulfide) groups is 1. The van der Waals surface area contributed by atoms with Gasteiger partial charge in [0.1, 0.15) is 5.01 Å². The lowest BCUT2D eigenvalue weighted by Crippen LogP contribution is -2.30. The zero-order valence-corrected chi connectivity index (χ0v) is 16.9. The molecule has 0 spiro atoms. The Hall–Kier alpha value is -1.44. The smallest absolute Gasteiger partial charge is 0.286 e. The molecule has 0 bridgehead atoms. The van der Waals surface area contributed by atoms with Crippen LogP contribution in [0.2, 0.25) is 0 Å². The third-order valence-electron chi connectivity index (χ3n) is 3.98. The molecule has 7 heteroatoms. The number of nitrogens with one attached hydrogen (secondary N) is 1. The molecule has 1 heterocycles. The number of anilines is 1. The quantitative estimate of drug-likeness (QED) is 0.716. The molecule has 2 aromatic rings. The first-order chi connectivity index (χ1) is 12.0. The van der Waals surface area contributed by atoms with Gasteiger partial charge in [-0.1, -0.05) is 37.3 Å². The van der Waals surface area contributed by atoms with Crippen LogP contribution in [0.3, 0.4) is 0 Å². The fraction of sp³-hybridized carbons (Fsp3) is 0.500. The summed E-state index contributed by atoms with van der Waals surface area (Å²) >= 11 is 3.29. The number of aromatic nitrogens is 2. The second kappa shape index (κ2) is 9.89. The Balaban J connectivity index is 1.91. The van der Waals surface area contributed by atoms with E-state index in [0.29, 0.717) is 17.6 Å². The Labute approximate surface area is 158 Å². The number of nitrogens with zero attached hydrogens (tertiary/aromatic N) is 3. The number of rotatable bonds is 9. The van der Waals surface area contributed by atoms with Crippen LogP contribution in [0.25, 0.3) is 0 Å². The molecule has 0 aliphatic rings. The van der Waals surface area contributed by atoms with Gasteiger partial charge in [0.2, 0.25) is 5.01 Å². The predicted molar refractivity (Wildman–Crippen MR) is 108 cm³/mol. The van der Waals surface area contributed by atoms with Crippen molar-refractivity contribution in [2.45, 2.75) is 39.8 Å². The predicted octanol–water partition coefficient (Wildman–Crippen LogP) is 3.93. The van der Waals surface area contributed by atoms with Crippen molar-refractivity contribution >= 4 is 34.7 Å². The number of hydrogen-bond acceptors (Lipinski definition) is 6. The number of carbonyl (C=O) groups is 1. The van der Waals surface area contributed by atoms with E-state index in [1.54, 1.807) is 0 Å². The third kappa shape index (κ3) is 6.09. The van der Waals surface area contributed by atoms with Gasteiger partial charge in [-0.05, 0) is 43.8 Å². The summed E-state index contributed by atoms with van der Waals surface area (Å²) in [7, 11) is 2.08. The Morgan fingerprint density at radius 3 is 2.64 bits per heavy atom. The van der Waals surface area contributed by atoms with Crippen molar-refractivity contribution in [3.05, 3.63) is 39.8 Å². The number of carbonyl (C=O) groups excluding carboxylic acids is 1. The number of benzene rings is 1. The van der Waals surface area contributed by atoms with E-state index in [4.69, 9.17) is 0 Å². The molecule has 0 fully saturated rings. The maximum atomic E-state index is 12.3. The van der Waals surface area contributed by atoms with E-state index in [-0.39, 0.29) is 5.91 Å². The van der Waals surface area contributed by atoms with Crippen LogP contribution in [0.15, 0.2) is 24.3 Å². The van der Waals surface area contributed by atoms with Gasteiger partial charge in [-0.15, -0.1) is 10.2 Å². The molecule has 0 saturated carbocycles. The molecule has 1 aromatic heterocycles. The summed E-state index contributed by atoms with van der Waals surface area (Å²) in [4.78, 5) is 14.6. The summed E-state index contributed by atoms with van der Waals surface area (Å²) in [5, 5.41) is 12.4. The second-order valence-electron chi connectivity index (χ2n) is 5.93. The van der Waals surface area contributed by atoms with Gasteiger partial charge in [0.25, 0.3) is 5.91 Å². The van der Waals surface area contributed by atoms with Crippen molar-refractivity contribution in [3.63, 3.8) is 0 Å². The maximum absolute atomic E-state index is 12.3.